The van der Waals surface area contributed by atoms with Gasteiger partial charge in [0.2, 0.25) is 0 Å². The first kappa shape index (κ1) is 14.0. The van der Waals surface area contributed by atoms with Crippen molar-refractivity contribution >= 4 is 5.78 Å². The molecule has 2 aliphatic heterocycles. The van der Waals surface area contributed by atoms with Crippen molar-refractivity contribution in [1.29, 1.82) is 0 Å². The molecule has 1 unspecified atom stereocenters. The van der Waals surface area contributed by atoms with Crippen LogP contribution in [-0.4, -0.2) is 34.5 Å². The molecule has 110 valence electrons. The highest BCUT2D eigenvalue weighted by molar-refractivity contribution is 6.00. The lowest BCUT2D eigenvalue weighted by molar-refractivity contribution is -0.292. The van der Waals surface area contributed by atoms with E-state index in [-0.39, 0.29) is 18.0 Å². The molecule has 2 saturated heterocycles. The fraction of sp³-hybridized carbons (Fsp3) is 0.688. The number of hydrogen-bond donors (Lipinski definition) is 1. The summed E-state index contributed by atoms with van der Waals surface area (Å²) >= 11 is 0. The van der Waals surface area contributed by atoms with Crippen LogP contribution < -0.4 is 0 Å². The van der Waals surface area contributed by atoms with Crippen LogP contribution in [0.3, 0.4) is 0 Å². The van der Waals surface area contributed by atoms with Crippen LogP contribution >= 0.6 is 0 Å². The number of allylic oxidation sites excluding steroid dienone is 2. The standard InChI is InChI=1S/C16H22O4/c1-2-3-14-10-13(18)11-16(19-14)9-8-15(20-16)6-4-12(17)5-7-15/h4-7,13-14,18H,2-3,8-11H2,1H3/t13?,14-,16+/m1/s1. The molecule has 3 aliphatic rings. The summed E-state index contributed by atoms with van der Waals surface area (Å²) in [5.41, 5.74) is -0.526. The Hall–Kier alpha value is -0.970. The van der Waals surface area contributed by atoms with Gasteiger partial charge in [-0.05, 0) is 43.6 Å². The van der Waals surface area contributed by atoms with Gasteiger partial charge < -0.3 is 14.6 Å². The van der Waals surface area contributed by atoms with E-state index in [1.54, 1.807) is 12.2 Å². The molecule has 2 heterocycles. The monoisotopic (exact) mass is 278 g/mol. The van der Waals surface area contributed by atoms with Crippen LogP contribution in [0, 0.1) is 0 Å². The molecule has 0 amide bonds. The quantitative estimate of drug-likeness (QED) is 0.842. The van der Waals surface area contributed by atoms with Crippen LogP contribution in [0.25, 0.3) is 0 Å². The zero-order valence-electron chi connectivity index (χ0n) is 11.9. The van der Waals surface area contributed by atoms with Crippen LogP contribution in [0.1, 0.15) is 45.4 Å². The maximum atomic E-state index is 11.3. The third kappa shape index (κ3) is 2.60. The summed E-state index contributed by atoms with van der Waals surface area (Å²) in [5.74, 6) is -0.694. The third-order valence-corrected chi connectivity index (χ3v) is 4.41. The summed E-state index contributed by atoms with van der Waals surface area (Å²) in [6.45, 7) is 2.12. The van der Waals surface area contributed by atoms with Crippen LogP contribution in [0.4, 0.5) is 0 Å². The predicted octanol–water partition coefficient (Wildman–Crippen LogP) is 2.27. The van der Waals surface area contributed by atoms with Crippen LogP contribution in [0.15, 0.2) is 24.3 Å². The molecule has 0 aromatic carbocycles. The Morgan fingerprint density at radius 1 is 1.35 bits per heavy atom. The van der Waals surface area contributed by atoms with Crippen molar-refractivity contribution < 1.29 is 19.4 Å². The molecule has 3 rings (SSSR count). The molecule has 20 heavy (non-hydrogen) atoms. The Balaban J connectivity index is 1.76. The van der Waals surface area contributed by atoms with Gasteiger partial charge in [0.05, 0.1) is 12.2 Å². The number of aliphatic hydroxyl groups is 1. The minimum atomic E-state index is -0.688. The van der Waals surface area contributed by atoms with Gasteiger partial charge in [-0.1, -0.05) is 13.3 Å². The van der Waals surface area contributed by atoms with Gasteiger partial charge in [0, 0.05) is 12.8 Å². The highest BCUT2D eigenvalue weighted by Crippen LogP contribution is 2.47. The summed E-state index contributed by atoms with van der Waals surface area (Å²) in [6, 6.07) is 0. The molecule has 0 bridgehead atoms. The molecule has 0 radical (unpaired) electrons. The minimum absolute atomic E-state index is 0.00590. The predicted molar refractivity (Wildman–Crippen MR) is 74.1 cm³/mol. The number of hydrogen-bond acceptors (Lipinski definition) is 4. The lowest BCUT2D eigenvalue weighted by Crippen LogP contribution is -2.47. The van der Waals surface area contributed by atoms with E-state index >= 15 is 0 Å². The van der Waals surface area contributed by atoms with E-state index in [0.717, 1.165) is 25.7 Å². The summed E-state index contributed by atoms with van der Waals surface area (Å²) in [4.78, 5) is 11.3. The minimum Gasteiger partial charge on any atom is -0.393 e. The van der Waals surface area contributed by atoms with Gasteiger partial charge in [0.1, 0.15) is 5.60 Å². The van der Waals surface area contributed by atoms with E-state index < -0.39 is 11.4 Å². The van der Waals surface area contributed by atoms with Gasteiger partial charge in [-0.2, -0.15) is 0 Å². The Kier molecular flexibility index (Phi) is 3.56. The number of aliphatic hydroxyl groups excluding tert-OH is 1. The Morgan fingerprint density at radius 2 is 2.10 bits per heavy atom. The number of ketones is 1. The topological polar surface area (TPSA) is 55.8 Å². The zero-order valence-corrected chi connectivity index (χ0v) is 11.9. The Morgan fingerprint density at radius 3 is 2.80 bits per heavy atom. The molecule has 1 aliphatic carbocycles. The molecule has 2 spiro atoms. The zero-order chi connectivity index (χ0) is 14.2. The lowest BCUT2D eigenvalue weighted by atomic mass is 9.91. The molecule has 4 heteroatoms. The fourth-order valence-electron chi connectivity index (χ4n) is 3.50. The fourth-order valence-corrected chi connectivity index (χ4v) is 3.50. The van der Waals surface area contributed by atoms with Crippen LogP contribution in [-0.2, 0) is 14.3 Å². The van der Waals surface area contributed by atoms with Crippen molar-refractivity contribution in [2.24, 2.45) is 0 Å². The van der Waals surface area contributed by atoms with Gasteiger partial charge in [-0.3, -0.25) is 4.79 Å². The second kappa shape index (κ2) is 5.10. The molecule has 2 fully saturated rings. The van der Waals surface area contributed by atoms with Gasteiger partial charge in [-0.15, -0.1) is 0 Å². The van der Waals surface area contributed by atoms with Crippen molar-refractivity contribution in [3.8, 4) is 0 Å². The molecule has 0 aromatic heterocycles. The molecule has 0 saturated carbocycles. The van der Waals surface area contributed by atoms with E-state index in [0.29, 0.717) is 12.8 Å². The molecular formula is C16H22O4. The molecule has 0 aromatic rings. The number of carbonyl (C=O) groups excluding carboxylic acids is 1. The van der Waals surface area contributed by atoms with E-state index in [4.69, 9.17) is 9.47 Å². The SMILES string of the molecule is CCC[C@@H]1CC(O)C[C@@]2(CCC3(C=CC(=O)C=C3)O2)O1. The summed E-state index contributed by atoms with van der Waals surface area (Å²) in [5, 5.41) is 10.1. The van der Waals surface area contributed by atoms with E-state index in [9.17, 15) is 9.90 Å². The maximum Gasteiger partial charge on any atom is 0.178 e. The average Bonchev–Trinajstić information content (AvgIpc) is 2.71. The van der Waals surface area contributed by atoms with E-state index in [2.05, 4.69) is 6.92 Å². The van der Waals surface area contributed by atoms with Crippen molar-refractivity contribution in [3.05, 3.63) is 24.3 Å². The lowest BCUT2D eigenvalue weighted by Gasteiger charge is -2.41. The molecule has 4 nitrogen and oxygen atoms in total. The number of carbonyl (C=O) groups is 1. The smallest absolute Gasteiger partial charge is 0.178 e. The second-order valence-electron chi connectivity index (χ2n) is 6.16. The van der Waals surface area contributed by atoms with Crippen molar-refractivity contribution in [3.63, 3.8) is 0 Å². The number of rotatable bonds is 2. The maximum absolute atomic E-state index is 11.3. The van der Waals surface area contributed by atoms with Crippen LogP contribution in [0.5, 0.6) is 0 Å². The van der Waals surface area contributed by atoms with Gasteiger partial charge in [-0.25, -0.2) is 0 Å². The highest BCUT2D eigenvalue weighted by Gasteiger charge is 2.52. The van der Waals surface area contributed by atoms with Gasteiger partial charge >= 0.3 is 0 Å². The summed E-state index contributed by atoms with van der Waals surface area (Å²) in [6.07, 6.45) is 11.2. The summed E-state index contributed by atoms with van der Waals surface area (Å²) < 4.78 is 12.4. The number of ether oxygens (including phenoxy) is 2. The van der Waals surface area contributed by atoms with Gasteiger partial charge in [0.15, 0.2) is 11.6 Å². The van der Waals surface area contributed by atoms with E-state index in [1.807, 2.05) is 12.2 Å². The molecule has 1 N–H and O–H groups in total. The van der Waals surface area contributed by atoms with E-state index in [1.165, 1.54) is 0 Å². The normalized spacial score (nSPS) is 39.0. The van der Waals surface area contributed by atoms with Crippen molar-refractivity contribution in [1.82, 2.24) is 0 Å². The van der Waals surface area contributed by atoms with Crippen molar-refractivity contribution in [2.45, 2.75) is 69.0 Å². The molecular weight excluding hydrogens is 256 g/mol. The second-order valence-corrected chi connectivity index (χ2v) is 6.16. The summed E-state index contributed by atoms with van der Waals surface area (Å²) in [7, 11) is 0. The van der Waals surface area contributed by atoms with Crippen molar-refractivity contribution in [2.75, 3.05) is 0 Å². The third-order valence-electron chi connectivity index (χ3n) is 4.41. The highest BCUT2D eigenvalue weighted by atomic mass is 16.7. The van der Waals surface area contributed by atoms with Crippen LogP contribution in [0.2, 0.25) is 0 Å². The Bertz CT molecular complexity index is 437. The average molecular weight is 278 g/mol. The first-order chi connectivity index (χ1) is 9.55. The largest absolute Gasteiger partial charge is 0.393 e. The van der Waals surface area contributed by atoms with Gasteiger partial charge in [0.25, 0.3) is 0 Å². The first-order valence-electron chi connectivity index (χ1n) is 7.53. The molecule has 3 atom stereocenters. The Labute approximate surface area is 119 Å². The first-order valence-corrected chi connectivity index (χ1v) is 7.53.